The number of hydrogen-bond acceptors (Lipinski definition) is 4. The second kappa shape index (κ2) is 7.73. The molecule has 0 aliphatic heterocycles. The van der Waals surface area contributed by atoms with Gasteiger partial charge in [0.1, 0.15) is 6.04 Å². The summed E-state index contributed by atoms with van der Waals surface area (Å²) in [6.07, 6.45) is 0. The molecule has 0 radical (unpaired) electrons. The first kappa shape index (κ1) is 17.4. The molecule has 0 aromatic heterocycles. The molecule has 7 heteroatoms. The summed E-state index contributed by atoms with van der Waals surface area (Å²) in [5.74, 6) is -0.843. The first-order valence-corrected chi connectivity index (χ1v) is 5.41. The van der Waals surface area contributed by atoms with E-state index in [9.17, 15) is 9.59 Å². The average Bonchev–Trinajstić information content (AvgIpc) is 2.28. The zero-order chi connectivity index (χ0) is 13.7. The molecule has 1 rings (SSSR count). The Balaban J connectivity index is 0.00000324. The van der Waals surface area contributed by atoms with Crippen LogP contribution in [0.25, 0.3) is 0 Å². The van der Waals surface area contributed by atoms with E-state index in [1.165, 1.54) is 7.11 Å². The van der Waals surface area contributed by atoms with Crippen molar-refractivity contribution in [2.24, 2.45) is 11.5 Å². The van der Waals surface area contributed by atoms with Gasteiger partial charge < -0.3 is 21.5 Å². The Kier molecular flexibility index (Phi) is 7.06. The Hall–Kier alpha value is -1.63. The fourth-order valence-corrected chi connectivity index (χ4v) is 1.51. The maximum Gasteiger partial charge on any atom is 0.248 e. The summed E-state index contributed by atoms with van der Waals surface area (Å²) in [5.41, 5.74) is 12.5. The van der Waals surface area contributed by atoms with Crippen LogP contribution < -0.4 is 16.8 Å². The van der Waals surface area contributed by atoms with E-state index in [2.05, 4.69) is 5.32 Å². The van der Waals surface area contributed by atoms with Crippen molar-refractivity contribution in [3.63, 3.8) is 0 Å². The number of anilines is 1. The number of methoxy groups -OCH3 is 1. The highest BCUT2D eigenvalue weighted by Crippen LogP contribution is 2.14. The fourth-order valence-electron chi connectivity index (χ4n) is 1.51. The molecule has 0 heterocycles. The Labute approximate surface area is 117 Å². The normalized spacial score (nSPS) is 11.3. The molecule has 2 amide bonds. The molecule has 1 atom stereocenters. The molecular formula is C12H18ClN3O3. The standard InChI is InChI=1S/C12H17N3O3.ClH/c1-7-5-8(3-4-9(7)11(14)16)15-12(17)10(13)6-18-2;/h3-5,10H,6,13H2,1-2H3,(H2,14,16)(H,15,17);1H. The van der Waals surface area contributed by atoms with Gasteiger partial charge in [-0.25, -0.2) is 0 Å². The van der Waals surface area contributed by atoms with Crippen molar-refractivity contribution in [1.82, 2.24) is 0 Å². The van der Waals surface area contributed by atoms with Crippen LogP contribution in [0.4, 0.5) is 5.69 Å². The summed E-state index contributed by atoms with van der Waals surface area (Å²) in [6, 6.07) is 4.10. The number of carbonyl (C=O) groups is 2. The van der Waals surface area contributed by atoms with Crippen molar-refractivity contribution in [1.29, 1.82) is 0 Å². The van der Waals surface area contributed by atoms with Crippen molar-refractivity contribution in [2.45, 2.75) is 13.0 Å². The Morgan fingerprint density at radius 2 is 2.05 bits per heavy atom. The van der Waals surface area contributed by atoms with Gasteiger partial charge >= 0.3 is 0 Å². The number of halogens is 1. The molecule has 0 spiro atoms. The van der Waals surface area contributed by atoms with E-state index < -0.39 is 11.9 Å². The second-order valence-electron chi connectivity index (χ2n) is 3.95. The molecule has 19 heavy (non-hydrogen) atoms. The molecular weight excluding hydrogens is 270 g/mol. The predicted molar refractivity (Wildman–Crippen MR) is 75.4 cm³/mol. The van der Waals surface area contributed by atoms with E-state index in [1.807, 2.05) is 0 Å². The first-order valence-electron chi connectivity index (χ1n) is 5.41. The van der Waals surface area contributed by atoms with Gasteiger partial charge in [0.2, 0.25) is 11.8 Å². The largest absolute Gasteiger partial charge is 0.383 e. The van der Waals surface area contributed by atoms with Crippen LogP contribution in [0.3, 0.4) is 0 Å². The summed E-state index contributed by atoms with van der Waals surface area (Å²) < 4.78 is 4.79. The molecule has 1 aromatic carbocycles. The van der Waals surface area contributed by atoms with Crippen molar-refractivity contribution in [3.8, 4) is 0 Å². The van der Waals surface area contributed by atoms with E-state index in [0.29, 0.717) is 16.8 Å². The zero-order valence-electron chi connectivity index (χ0n) is 10.8. The van der Waals surface area contributed by atoms with E-state index in [4.69, 9.17) is 16.2 Å². The van der Waals surface area contributed by atoms with Crippen molar-refractivity contribution in [2.75, 3.05) is 19.0 Å². The number of nitrogens with two attached hydrogens (primary N) is 2. The highest BCUT2D eigenvalue weighted by molar-refractivity contribution is 5.97. The van der Waals surface area contributed by atoms with Crippen LogP contribution >= 0.6 is 12.4 Å². The minimum absolute atomic E-state index is 0. The van der Waals surface area contributed by atoms with Crippen molar-refractivity contribution in [3.05, 3.63) is 29.3 Å². The number of benzene rings is 1. The molecule has 0 aliphatic rings. The van der Waals surface area contributed by atoms with Gasteiger partial charge in [0, 0.05) is 18.4 Å². The van der Waals surface area contributed by atoms with Gasteiger partial charge in [-0.15, -0.1) is 12.4 Å². The average molecular weight is 288 g/mol. The monoisotopic (exact) mass is 287 g/mol. The molecule has 0 saturated heterocycles. The van der Waals surface area contributed by atoms with Gasteiger partial charge in [0.25, 0.3) is 0 Å². The number of primary amides is 1. The van der Waals surface area contributed by atoms with Gasteiger partial charge in [0.15, 0.2) is 0 Å². The molecule has 0 aliphatic carbocycles. The number of nitrogens with one attached hydrogen (secondary N) is 1. The number of aryl methyl sites for hydroxylation is 1. The Morgan fingerprint density at radius 1 is 1.42 bits per heavy atom. The Bertz CT molecular complexity index is 466. The third kappa shape index (κ3) is 4.86. The number of amides is 2. The fraction of sp³-hybridized carbons (Fsp3) is 0.333. The molecule has 5 N–H and O–H groups in total. The van der Waals surface area contributed by atoms with Crippen LogP contribution in [0.1, 0.15) is 15.9 Å². The molecule has 6 nitrogen and oxygen atoms in total. The quantitative estimate of drug-likeness (QED) is 0.730. The van der Waals surface area contributed by atoms with Gasteiger partial charge in [-0.1, -0.05) is 0 Å². The SMILES string of the molecule is COCC(N)C(=O)Nc1ccc(C(N)=O)c(C)c1.Cl. The number of carbonyl (C=O) groups excluding carboxylic acids is 2. The second-order valence-corrected chi connectivity index (χ2v) is 3.95. The predicted octanol–water partition coefficient (Wildman–Crippen LogP) is 0.428. The van der Waals surface area contributed by atoms with Gasteiger partial charge in [-0.2, -0.15) is 0 Å². The van der Waals surface area contributed by atoms with Gasteiger partial charge in [-0.05, 0) is 30.7 Å². The minimum Gasteiger partial charge on any atom is -0.383 e. The third-order valence-electron chi connectivity index (χ3n) is 2.44. The molecule has 0 saturated carbocycles. The lowest BCUT2D eigenvalue weighted by Crippen LogP contribution is -2.39. The van der Waals surface area contributed by atoms with E-state index in [0.717, 1.165) is 0 Å². The molecule has 1 aromatic rings. The van der Waals surface area contributed by atoms with E-state index in [-0.39, 0.29) is 24.9 Å². The molecule has 1 unspecified atom stereocenters. The number of rotatable bonds is 5. The van der Waals surface area contributed by atoms with Crippen LogP contribution in [-0.4, -0.2) is 31.6 Å². The summed E-state index contributed by atoms with van der Waals surface area (Å²) in [6.45, 7) is 1.88. The van der Waals surface area contributed by atoms with Crippen LogP contribution in [0.5, 0.6) is 0 Å². The van der Waals surface area contributed by atoms with Crippen LogP contribution in [0, 0.1) is 6.92 Å². The summed E-state index contributed by atoms with van der Waals surface area (Å²) in [7, 11) is 1.47. The van der Waals surface area contributed by atoms with Crippen LogP contribution in [0.15, 0.2) is 18.2 Å². The maximum absolute atomic E-state index is 11.6. The lowest BCUT2D eigenvalue weighted by Gasteiger charge is -2.12. The lowest BCUT2D eigenvalue weighted by atomic mass is 10.1. The summed E-state index contributed by atoms with van der Waals surface area (Å²) >= 11 is 0. The highest BCUT2D eigenvalue weighted by Gasteiger charge is 2.13. The maximum atomic E-state index is 11.6. The lowest BCUT2D eigenvalue weighted by molar-refractivity contribution is -0.118. The van der Waals surface area contributed by atoms with Crippen molar-refractivity contribution < 1.29 is 14.3 Å². The highest BCUT2D eigenvalue weighted by atomic mass is 35.5. The van der Waals surface area contributed by atoms with Gasteiger partial charge in [0.05, 0.1) is 6.61 Å². The first-order chi connectivity index (χ1) is 8.45. The molecule has 106 valence electrons. The van der Waals surface area contributed by atoms with Crippen LogP contribution in [0.2, 0.25) is 0 Å². The van der Waals surface area contributed by atoms with Gasteiger partial charge in [-0.3, -0.25) is 9.59 Å². The third-order valence-corrected chi connectivity index (χ3v) is 2.44. The topological polar surface area (TPSA) is 107 Å². The van der Waals surface area contributed by atoms with Crippen molar-refractivity contribution >= 4 is 29.9 Å². The smallest absolute Gasteiger partial charge is 0.248 e. The summed E-state index contributed by atoms with van der Waals surface area (Å²) in [4.78, 5) is 22.7. The Morgan fingerprint density at radius 3 is 2.53 bits per heavy atom. The van der Waals surface area contributed by atoms with Crippen LogP contribution in [-0.2, 0) is 9.53 Å². The number of ether oxygens (including phenoxy) is 1. The molecule has 0 bridgehead atoms. The summed E-state index contributed by atoms with van der Waals surface area (Å²) in [5, 5.41) is 2.64. The minimum atomic E-state index is -0.730. The molecule has 0 fully saturated rings. The van der Waals surface area contributed by atoms with E-state index >= 15 is 0 Å². The van der Waals surface area contributed by atoms with E-state index in [1.54, 1.807) is 25.1 Å². The number of hydrogen-bond donors (Lipinski definition) is 3. The zero-order valence-corrected chi connectivity index (χ0v) is 11.6.